The van der Waals surface area contributed by atoms with Crippen LogP contribution in [0.3, 0.4) is 0 Å². The monoisotopic (exact) mass is 417 g/mol. The van der Waals surface area contributed by atoms with Crippen molar-refractivity contribution in [2.45, 2.75) is 0 Å². The molecule has 1 N–H and O–H groups in total. The van der Waals surface area contributed by atoms with Crippen LogP contribution in [0.5, 0.6) is 17.2 Å². The molecule has 4 aromatic rings. The minimum Gasteiger partial charge on any atom is -0.493 e. The van der Waals surface area contributed by atoms with Crippen LogP contribution in [0, 0.1) is 0 Å². The molecule has 0 unspecified atom stereocenters. The molecule has 31 heavy (non-hydrogen) atoms. The Bertz CT molecular complexity index is 1250. The maximum atomic E-state index is 12.9. The van der Waals surface area contributed by atoms with Crippen molar-refractivity contribution in [2.24, 2.45) is 7.05 Å². The highest BCUT2D eigenvalue weighted by molar-refractivity contribution is 6.07. The number of nitrogens with one attached hydrogen (secondary N) is 1. The number of methoxy groups -OCH3 is 3. The van der Waals surface area contributed by atoms with E-state index < -0.39 is 0 Å². The number of ether oxygens (including phenoxy) is 3. The molecule has 1 aromatic heterocycles. The highest BCUT2D eigenvalue weighted by atomic mass is 16.5. The van der Waals surface area contributed by atoms with Crippen LogP contribution in [-0.2, 0) is 7.05 Å². The maximum Gasteiger partial charge on any atom is 0.259 e. The van der Waals surface area contributed by atoms with Gasteiger partial charge in [0.2, 0.25) is 5.75 Å². The van der Waals surface area contributed by atoms with Crippen molar-refractivity contribution in [3.63, 3.8) is 0 Å². The molecule has 7 nitrogen and oxygen atoms in total. The number of benzene rings is 3. The molecule has 0 saturated heterocycles. The summed E-state index contributed by atoms with van der Waals surface area (Å²) >= 11 is 0. The molecular formula is C24H23N3O4. The first-order valence-electron chi connectivity index (χ1n) is 9.69. The molecule has 0 aliphatic heterocycles. The number of amides is 1. The van der Waals surface area contributed by atoms with E-state index in [4.69, 9.17) is 19.2 Å². The van der Waals surface area contributed by atoms with Crippen molar-refractivity contribution < 1.29 is 19.0 Å². The van der Waals surface area contributed by atoms with Gasteiger partial charge in [-0.3, -0.25) is 4.79 Å². The molecular weight excluding hydrogens is 394 g/mol. The zero-order chi connectivity index (χ0) is 22.0. The van der Waals surface area contributed by atoms with Crippen molar-refractivity contribution >= 4 is 22.6 Å². The molecule has 7 heteroatoms. The van der Waals surface area contributed by atoms with Gasteiger partial charge in [0, 0.05) is 18.3 Å². The van der Waals surface area contributed by atoms with E-state index in [2.05, 4.69) is 9.88 Å². The molecule has 0 bridgehead atoms. The molecule has 1 heterocycles. The number of rotatable bonds is 6. The van der Waals surface area contributed by atoms with Gasteiger partial charge in [0.15, 0.2) is 11.5 Å². The zero-order valence-electron chi connectivity index (χ0n) is 17.8. The lowest BCUT2D eigenvalue weighted by Crippen LogP contribution is -2.14. The van der Waals surface area contributed by atoms with E-state index in [0.29, 0.717) is 28.5 Å². The third-order valence-corrected chi connectivity index (χ3v) is 5.14. The molecule has 0 saturated carbocycles. The van der Waals surface area contributed by atoms with Crippen LogP contribution in [0.4, 0.5) is 5.69 Å². The van der Waals surface area contributed by atoms with E-state index in [1.807, 2.05) is 55.6 Å². The van der Waals surface area contributed by atoms with Crippen LogP contribution < -0.4 is 19.5 Å². The standard InChI is InChI=1S/C24H23N3O4/c1-27-19-8-6-5-7-18(19)26-23(27)15-9-11-16(12-10-15)25-24(28)17-13-14-20(29-2)22(31-4)21(17)30-3/h5-14H,1-4H3,(H,25,28). The number of para-hydroxylation sites is 2. The number of aromatic nitrogens is 2. The number of nitrogens with zero attached hydrogens (tertiary/aromatic N) is 2. The fourth-order valence-electron chi connectivity index (χ4n) is 3.58. The predicted octanol–water partition coefficient (Wildman–Crippen LogP) is 4.52. The minimum atomic E-state index is -0.312. The van der Waals surface area contributed by atoms with Crippen LogP contribution in [-0.4, -0.2) is 36.8 Å². The number of hydrogen-bond acceptors (Lipinski definition) is 5. The quantitative estimate of drug-likeness (QED) is 0.499. The third-order valence-electron chi connectivity index (χ3n) is 5.14. The average molecular weight is 417 g/mol. The lowest BCUT2D eigenvalue weighted by Gasteiger charge is -2.15. The van der Waals surface area contributed by atoms with Crippen LogP contribution >= 0.6 is 0 Å². The lowest BCUT2D eigenvalue weighted by molar-refractivity contribution is 0.102. The summed E-state index contributed by atoms with van der Waals surface area (Å²) in [5.74, 6) is 1.72. The summed E-state index contributed by atoms with van der Waals surface area (Å²) in [5, 5.41) is 2.90. The van der Waals surface area contributed by atoms with Gasteiger partial charge in [0.05, 0.1) is 37.9 Å². The maximum absolute atomic E-state index is 12.9. The number of carbonyl (C=O) groups is 1. The number of imidazole rings is 1. The summed E-state index contributed by atoms with van der Waals surface area (Å²) in [4.78, 5) is 17.6. The molecule has 0 atom stereocenters. The largest absolute Gasteiger partial charge is 0.493 e. The van der Waals surface area contributed by atoms with Gasteiger partial charge in [-0.05, 0) is 48.5 Å². The van der Waals surface area contributed by atoms with Crippen molar-refractivity contribution in [2.75, 3.05) is 26.6 Å². The third kappa shape index (κ3) is 3.66. The van der Waals surface area contributed by atoms with E-state index in [0.717, 1.165) is 22.4 Å². The van der Waals surface area contributed by atoms with E-state index in [1.54, 1.807) is 12.1 Å². The highest BCUT2D eigenvalue weighted by Crippen LogP contribution is 2.40. The summed E-state index contributed by atoms with van der Waals surface area (Å²) in [6.45, 7) is 0. The number of fused-ring (bicyclic) bond motifs is 1. The molecule has 1 amide bonds. The summed E-state index contributed by atoms with van der Waals surface area (Å²) in [6, 6.07) is 18.9. The SMILES string of the molecule is COc1ccc(C(=O)Nc2ccc(-c3nc4ccccc4n3C)cc2)c(OC)c1OC. The molecule has 158 valence electrons. The Morgan fingerprint density at radius 2 is 1.58 bits per heavy atom. The van der Waals surface area contributed by atoms with Gasteiger partial charge >= 0.3 is 0 Å². The highest BCUT2D eigenvalue weighted by Gasteiger charge is 2.21. The number of hydrogen-bond donors (Lipinski definition) is 1. The minimum absolute atomic E-state index is 0.312. The Balaban J connectivity index is 1.59. The molecule has 0 aliphatic rings. The fraction of sp³-hybridized carbons (Fsp3) is 0.167. The summed E-state index contributed by atoms with van der Waals surface area (Å²) < 4.78 is 18.1. The number of anilines is 1. The molecule has 0 spiro atoms. The Morgan fingerprint density at radius 3 is 2.23 bits per heavy atom. The van der Waals surface area contributed by atoms with E-state index in [9.17, 15) is 4.79 Å². The van der Waals surface area contributed by atoms with Crippen molar-refractivity contribution in [1.29, 1.82) is 0 Å². The summed E-state index contributed by atoms with van der Waals surface area (Å²) in [7, 11) is 6.51. The second-order valence-electron chi connectivity index (χ2n) is 6.90. The second-order valence-corrected chi connectivity index (χ2v) is 6.90. The Kier molecular flexibility index (Phi) is 5.49. The zero-order valence-corrected chi connectivity index (χ0v) is 17.8. The lowest BCUT2D eigenvalue weighted by atomic mass is 10.1. The molecule has 0 aliphatic carbocycles. The van der Waals surface area contributed by atoms with Gasteiger partial charge in [-0.25, -0.2) is 4.98 Å². The van der Waals surface area contributed by atoms with Crippen LogP contribution in [0.25, 0.3) is 22.4 Å². The topological polar surface area (TPSA) is 74.6 Å². The van der Waals surface area contributed by atoms with Gasteiger partial charge in [-0.15, -0.1) is 0 Å². The van der Waals surface area contributed by atoms with Gasteiger partial charge < -0.3 is 24.1 Å². The van der Waals surface area contributed by atoms with Gasteiger partial charge in [-0.1, -0.05) is 12.1 Å². The van der Waals surface area contributed by atoms with Crippen molar-refractivity contribution in [3.05, 3.63) is 66.2 Å². The van der Waals surface area contributed by atoms with Gasteiger partial charge in [0.1, 0.15) is 5.82 Å². The van der Waals surface area contributed by atoms with Crippen LogP contribution in [0.15, 0.2) is 60.7 Å². The van der Waals surface area contributed by atoms with Crippen molar-refractivity contribution in [3.8, 4) is 28.6 Å². The predicted molar refractivity (Wildman–Crippen MR) is 120 cm³/mol. The van der Waals surface area contributed by atoms with Crippen LogP contribution in [0.2, 0.25) is 0 Å². The van der Waals surface area contributed by atoms with Crippen molar-refractivity contribution in [1.82, 2.24) is 9.55 Å². The summed E-state index contributed by atoms with van der Waals surface area (Å²) in [6.07, 6.45) is 0. The smallest absolute Gasteiger partial charge is 0.259 e. The molecule has 0 radical (unpaired) electrons. The van der Waals surface area contributed by atoms with E-state index in [-0.39, 0.29) is 5.91 Å². The Labute approximate surface area is 180 Å². The first-order valence-corrected chi connectivity index (χ1v) is 9.69. The average Bonchev–Trinajstić information content (AvgIpc) is 3.15. The Morgan fingerprint density at radius 1 is 0.871 bits per heavy atom. The van der Waals surface area contributed by atoms with E-state index in [1.165, 1.54) is 21.3 Å². The normalized spacial score (nSPS) is 10.7. The molecule has 3 aromatic carbocycles. The number of aryl methyl sites for hydroxylation is 1. The second kappa shape index (κ2) is 8.39. The number of carbonyl (C=O) groups excluding carboxylic acids is 1. The summed E-state index contributed by atoms with van der Waals surface area (Å²) in [5.41, 5.74) is 3.97. The Hall–Kier alpha value is -4.00. The first-order chi connectivity index (χ1) is 15.1. The molecule has 0 fully saturated rings. The first kappa shape index (κ1) is 20.3. The van der Waals surface area contributed by atoms with Crippen LogP contribution in [0.1, 0.15) is 10.4 Å². The van der Waals surface area contributed by atoms with E-state index >= 15 is 0 Å². The molecule has 4 rings (SSSR count). The van der Waals surface area contributed by atoms with Gasteiger partial charge in [-0.2, -0.15) is 0 Å². The fourth-order valence-corrected chi connectivity index (χ4v) is 3.58. The van der Waals surface area contributed by atoms with Gasteiger partial charge in [0.25, 0.3) is 5.91 Å².